The summed E-state index contributed by atoms with van der Waals surface area (Å²) in [5.74, 6) is 0.437. The van der Waals surface area contributed by atoms with Gasteiger partial charge in [0, 0.05) is 12.8 Å². The molecule has 0 aliphatic carbocycles. The molecule has 0 aliphatic heterocycles. The summed E-state index contributed by atoms with van der Waals surface area (Å²) in [4.78, 5) is 23.3. The fourth-order valence-corrected chi connectivity index (χ4v) is 1.77. The Morgan fingerprint density at radius 1 is 1.39 bits per heavy atom. The first-order valence-electron chi connectivity index (χ1n) is 6.22. The van der Waals surface area contributed by atoms with Crippen LogP contribution in [0.15, 0.2) is 34.7 Å². The van der Waals surface area contributed by atoms with Gasteiger partial charge < -0.3 is 4.42 Å². The van der Waals surface area contributed by atoms with Crippen LogP contribution in [-0.4, -0.2) is 11.6 Å². The lowest BCUT2D eigenvalue weighted by Crippen LogP contribution is -2.06. The Morgan fingerprint density at radius 3 is 2.67 bits per heavy atom. The first-order chi connectivity index (χ1) is 8.49. The van der Waals surface area contributed by atoms with Gasteiger partial charge in [-0.3, -0.25) is 9.59 Å². The minimum Gasteiger partial charge on any atom is -0.472 e. The highest BCUT2D eigenvalue weighted by Crippen LogP contribution is 2.15. The third-order valence-electron chi connectivity index (χ3n) is 2.71. The summed E-state index contributed by atoms with van der Waals surface area (Å²) in [5.41, 5.74) is 1.62. The van der Waals surface area contributed by atoms with E-state index in [-0.39, 0.29) is 17.5 Å². The highest BCUT2D eigenvalue weighted by atomic mass is 16.3. The normalized spacial score (nSPS) is 11.9. The van der Waals surface area contributed by atoms with E-state index in [0.717, 1.165) is 12.0 Å². The fraction of sp³-hybridized carbons (Fsp3) is 0.467. The van der Waals surface area contributed by atoms with E-state index < -0.39 is 0 Å². The molecule has 0 spiro atoms. The Hall–Kier alpha value is -1.64. The summed E-state index contributed by atoms with van der Waals surface area (Å²) < 4.78 is 4.87. The minimum absolute atomic E-state index is 0.0743. The van der Waals surface area contributed by atoms with Crippen molar-refractivity contribution in [1.82, 2.24) is 0 Å². The van der Waals surface area contributed by atoms with Crippen LogP contribution < -0.4 is 0 Å². The Kier molecular flexibility index (Phi) is 5.56. The molecule has 0 unspecified atom stereocenters. The first-order valence-corrected chi connectivity index (χ1v) is 6.22. The maximum Gasteiger partial charge on any atom is 0.166 e. The average molecular weight is 248 g/mol. The lowest BCUT2D eigenvalue weighted by atomic mass is 9.96. The molecule has 1 aromatic heterocycles. The van der Waals surface area contributed by atoms with Crippen LogP contribution in [0.1, 0.15) is 50.4 Å². The van der Waals surface area contributed by atoms with Crippen LogP contribution in [0.4, 0.5) is 0 Å². The maximum absolute atomic E-state index is 11.7. The molecule has 0 amide bonds. The highest BCUT2D eigenvalue weighted by Gasteiger charge is 2.12. The topological polar surface area (TPSA) is 47.3 Å². The summed E-state index contributed by atoms with van der Waals surface area (Å²) in [5, 5.41) is 0. The molecule has 3 nitrogen and oxygen atoms in total. The van der Waals surface area contributed by atoms with Gasteiger partial charge in [0.1, 0.15) is 6.26 Å². The second-order valence-corrected chi connectivity index (χ2v) is 4.97. The summed E-state index contributed by atoms with van der Waals surface area (Å²) in [6, 6.07) is 1.67. The van der Waals surface area contributed by atoms with E-state index in [0.29, 0.717) is 18.4 Å². The number of ketones is 2. The van der Waals surface area contributed by atoms with Gasteiger partial charge in [-0.15, -0.1) is 0 Å². The molecule has 0 fully saturated rings. The number of Topliss-reactive ketones (excluding diaryl/α,β-unsaturated/α-hetero) is 1. The molecule has 3 heteroatoms. The third kappa shape index (κ3) is 5.13. The van der Waals surface area contributed by atoms with Crippen molar-refractivity contribution in [2.45, 2.75) is 40.0 Å². The molecule has 0 aliphatic rings. The van der Waals surface area contributed by atoms with Gasteiger partial charge in [-0.05, 0) is 38.3 Å². The lowest BCUT2D eigenvalue weighted by Gasteiger charge is -2.08. The van der Waals surface area contributed by atoms with E-state index >= 15 is 0 Å². The monoisotopic (exact) mass is 248 g/mol. The van der Waals surface area contributed by atoms with E-state index in [1.807, 2.05) is 20.8 Å². The molecule has 98 valence electrons. The smallest absolute Gasteiger partial charge is 0.166 e. The molecule has 1 heterocycles. The summed E-state index contributed by atoms with van der Waals surface area (Å²) in [6.45, 7) is 5.81. The fourth-order valence-electron chi connectivity index (χ4n) is 1.77. The Balaban J connectivity index is 2.33. The minimum atomic E-state index is 0.0743. The SMILES string of the molecule is CC(C)=CC(=O)C[C@@H](C)CCC(=O)c1ccoc1. The van der Waals surface area contributed by atoms with Crippen molar-refractivity contribution >= 4 is 11.6 Å². The quantitative estimate of drug-likeness (QED) is 0.544. The van der Waals surface area contributed by atoms with Gasteiger partial charge in [0.25, 0.3) is 0 Å². The zero-order valence-corrected chi connectivity index (χ0v) is 11.2. The molecule has 0 N–H and O–H groups in total. The number of carbonyl (C=O) groups is 2. The number of allylic oxidation sites excluding steroid dienone is 2. The van der Waals surface area contributed by atoms with Crippen LogP contribution in [0.3, 0.4) is 0 Å². The molecule has 1 aromatic rings. The Bertz CT molecular complexity index is 423. The van der Waals surface area contributed by atoms with Gasteiger partial charge in [-0.1, -0.05) is 12.5 Å². The molecular formula is C15H20O3. The zero-order chi connectivity index (χ0) is 13.5. The Morgan fingerprint density at radius 2 is 2.11 bits per heavy atom. The number of hydrogen-bond donors (Lipinski definition) is 0. The van der Waals surface area contributed by atoms with Crippen LogP contribution in [0.25, 0.3) is 0 Å². The second kappa shape index (κ2) is 6.94. The van der Waals surface area contributed by atoms with Crippen molar-refractivity contribution in [2.75, 3.05) is 0 Å². The van der Waals surface area contributed by atoms with Gasteiger partial charge in [0.05, 0.1) is 11.8 Å². The van der Waals surface area contributed by atoms with Crippen molar-refractivity contribution in [3.05, 3.63) is 35.8 Å². The summed E-state index contributed by atoms with van der Waals surface area (Å²) in [6.07, 6.45) is 6.31. The predicted molar refractivity (Wildman–Crippen MR) is 70.5 cm³/mol. The molecule has 0 bridgehead atoms. The van der Waals surface area contributed by atoms with Gasteiger partial charge in [0.15, 0.2) is 11.6 Å². The van der Waals surface area contributed by atoms with Gasteiger partial charge in [0.2, 0.25) is 0 Å². The average Bonchev–Trinajstić information content (AvgIpc) is 2.77. The predicted octanol–water partition coefficient (Wildman–Crippen LogP) is 3.80. The largest absolute Gasteiger partial charge is 0.472 e. The molecule has 0 saturated heterocycles. The lowest BCUT2D eigenvalue weighted by molar-refractivity contribution is -0.115. The van der Waals surface area contributed by atoms with Crippen molar-refractivity contribution in [3.63, 3.8) is 0 Å². The molecule has 1 rings (SSSR count). The number of furan rings is 1. The molecule has 0 aromatic carbocycles. The van der Waals surface area contributed by atoms with E-state index in [9.17, 15) is 9.59 Å². The molecule has 0 radical (unpaired) electrons. The van der Waals surface area contributed by atoms with Crippen molar-refractivity contribution < 1.29 is 14.0 Å². The molecule has 0 saturated carbocycles. The summed E-state index contributed by atoms with van der Waals surface area (Å²) in [7, 11) is 0. The van der Waals surface area contributed by atoms with E-state index in [2.05, 4.69) is 0 Å². The van der Waals surface area contributed by atoms with E-state index in [1.165, 1.54) is 12.5 Å². The molecule has 18 heavy (non-hydrogen) atoms. The number of carbonyl (C=O) groups excluding carboxylic acids is 2. The van der Waals surface area contributed by atoms with Crippen LogP contribution in [0.2, 0.25) is 0 Å². The van der Waals surface area contributed by atoms with E-state index in [1.54, 1.807) is 12.1 Å². The van der Waals surface area contributed by atoms with Crippen molar-refractivity contribution in [1.29, 1.82) is 0 Å². The zero-order valence-electron chi connectivity index (χ0n) is 11.2. The third-order valence-corrected chi connectivity index (χ3v) is 2.71. The summed E-state index contributed by atoms with van der Waals surface area (Å²) >= 11 is 0. The van der Waals surface area contributed by atoms with Crippen molar-refractivity contribution in [2.24, 2.45) is 5.92 Å². The van der Waals surface area contributed by atoms with Crippen molar-refractivity contribution in [3.8, 4) is 0 Å². The van der Waals surface area contributed by atoms with Crippen LogP contribution in [0, 0.1) is 5.92 Å². The van der Waals surface area contributed by atoms with E-state index in [4.69, 9.17) is 4.42 Å². The standard InChI is InChI=1S/C15H20O3/c1-11(2)8-14(16)9-12(3)4-5-15(17)13-6-7-18-10-13/h6-8,10,12H,4-5,9H2,1-3H3/t12-/m0/s1. The number of hydrogen-bond acceptors (Lipinski definition) is 3. The van der Waals surface area contributed by atoms with Gasteiger partial charge in [-0.2, -0.15) is 0 Å². The van der Waals surface area contributed by atoms with Crippen LogP contribution in [-0.2, 0) is 4.79 Å². The maximum atomic E-state index is 11.7. The Labute approximate surface area is 108 Å². The number of rotatable bonds is 7. The second-order valence-electron chi connectivity index (χ2n) is 4.97. The van der Waals surface area contributed by atoms with Crippen LogP contribution >= 0.6 is 0 Å². The van der Waals surface area contributed by atoms with Gasteiger partial charge >= 0.3 is 0 Å². The highest BCUT2D eigenvalue weighted by molar-refractivity contribution is 5.95. The molecular weight excluding hydrogens is 228 g/mol. The molecule has 1 atom stereocenters. The van der Waals surface area contributed by atoms with Crippen LogP contribution in [0.5, 0.6) is 0 Å². The van der Waals surface area contributed by atoms with Gasteiger partial charge in [-0.25, -0.2) is 0 Å². The first kappa shape index (κ1) is 14.4.